The van der Waals surface area contributed by atoms with E-state index >= 15 is 0 Å². The van der Waals surface area contributed by atoms with Crippen molar-refractivity contribution in [3.8, 4) is 0 Å². The maximum absolute atomic E-state index is 5.50. The lowest BCUT2D eigenvalue weighted by atomic mass is 9.85. The second kappa shape index (κ2) is 3.97. The Morgan fingerprint density at radius 1 is 1.31 bits per heavy atom. The molecule has 1 saturated carbocycles. The highest BCUT2D eigenvalue weighted by Gasteiger charge is 2.17. The van der Waals surface area contributed by atoms with E-state index in [1.165, 1.54) is 37.7 Å². The molecule has 1 aliphatic carbocycles. The SMILES string of the molecule is NCc1cc(C2CCCCC2)co1. The van der Waals surface area contributed by atoms with Gasteiger partial charge in [0.25, 0.3) is 0 Å². The van der Waals surface area contributed by atoms with Crippen molar-refractivity contribution in [2.24, 2.45) is 5.73 Å². The Labute approximate surface area is 79.1 Å². The lowest BCUT2D eigenvalue weighted by Gasteiger charge is -2.19. The Morgan fingerprint density at radius 3 is 2.69 bits per heavy atom. The Hall–Kier alpha value is -0.760. The summed E-state index contributed by atoms with van der Waals surface area (Å²) in [5.41, 5.74) is 6.86. The van der Waals surface area contributed by atoms with Crippen molar-refractivity contribution in [1.82, 2.24) is 0 Å². The third kappa shape index (κ3) is 1.94. The first-order chi connectivity index (χ1) is 6.40. The molecule has 0 aromatic carbocycles. The molecule has 1 aliphatic rings. The average Bonchev–Trinajstić information content (AvgIpc) is 2.67. The minimum absolute atomic E-state index is 0.521. The molecule has 1 aromatic heterocycles. The van der Waals surface area contributed by atoms with Gasteiger partial charge in [-0.3, -0.25) is 0 Å². The van der Waals surface area contributed by atoms with Gasteiger partial charge in [-0.2, -0.15) is 0 Å². The molecular formula is C11H17NO. The minimum atomic E-state index is 0.521. The van der Waals surface area contributed by atoms with Gasteiger partial charge in [0.2, 0.25) is 0 Å². The summed E-state index contributed by atoms with van der Waals surface area (Å²) in [5, 5.41) is 0. The van der Waals surface area contributed by atoms with E-state index in [-0.39, 0.29) is 0 Å². The molecule has 0 spiro atoms. The quantitative estimate of drug-likeness (QED) is 0.758. The van der Waals surface area contributed by atoms with E-state index in [9.17, 15) is 0 Å². The summed E-state index contributed by atoms with van der Waals surface area (Å²) < 4.78 is 5.34. The van der Waals surface area contributed by atoms with E-state index in [1.54, 1.807) is 0 Å². The zero-order valence-electron chi connectivity index (χ0n) is 7.96. The van der Waals surface area contributed by atoms with Crippen LogP contribution in [0.15, 0.2) is 16.7 Å². The van der Waals surface area contributed by atoms with Gasteiger partial charge in [-0.25, -0.2) is 0 Å². The third-order valence-electron chi connectivity index (χ3n) is 2.95. The molecule has 1 aromatic rings. The number of hydrogen-bond acceptors (Lipinski definition) is 2. The second-order valence-electron chi connectivity index (χ2n) is 3.89. The van der Waals surface area contributed by atoms with Crippen LogP contribution in [0.3, 0.4) is 0 Å². The Bertz CT molecular complexity index is 261. The van der Waals surface area contributed by atoms with Crippen LogP contribution in [0, 0.1) is 0 Å². The molecule has 2 nitrogen and oxygen atoms in total. The third-order valence-corrected chi connectivity index (χ3v) is 2.95. The number of rotatable bonds is 2. The molecule has 2 rings (SSSR count). The maximum atomic E-state index is 5.50. The maximum Gasteiger partial charge on any atom is 0.117 e. The monoisotopic (exact) mass is 179 g/mol. The van der Waals surface area contributed by atoms with Crippen LogP contribution >= 0.6 is 0 Å². The first kappa shape index (κ1) is 8.82. The fourth-order valence-electron chi connectivity index (χ4n) is 2.15. The standard InChI is InChI=1S/C11H17NO/c12-7-11-6-10(8-13-11)9-4-2-1-3-5-9/h6,8-9H,1-5,7,12H2. The lowest BCUT2D eigenvalue weighted by molar-refractivity contribution is 0.438. The van der Waals surface area contributed by atoms with Crippen LogP contribution in [0.1, 0.15) is 49.3 Å². The normalized spacial score (nSPS) is 19.2. The van der Waals surface area contributed by atoms with Crippen LogP contribution in [-0.4, -0.2) is 0 Å². The Kier molecular flexibility index (Phi) is 2.69. The number of hydrogen-bond donors (Lipinski definition) is 1. The summed E-state index contributed by atoms with van der Waals surface area (Å²) in [6.45, 7) is 0.521. The van der Waals surface area contributed by atoms with Crippen molar-refractivity contribution < 1.29 is 4.42 Å². The first-order valence-corrected chi connectivity index (χ1v) is 5.17. The molecule has 1 heterocycles. The van der Waals surface area contributed by atoms with Gasteiger partial charge in [-0.15, -0.1) is 0 Å². The summed E-state index contributed by atoms with van der Waals surface area (Å²) in [6, 6.07) is 2.12. The predicted molar refractivity (Wildman–Crippen MR) is 52.4 cm³/mol. The molecule has 0 radical (unpaired) electrons. The molecule has 72 valence electrons. The molecule has 2 heteroatoms. The van der Waals surface area contributed by atoms with Crippen molar-refractivity contribution in [1.29, 1.82) is 0 Å². The summed E-state index contributed by atoms with van der Waals surface area (Å²) >= 11 is 0. The van der Waals surface area contributed by atoms with Crippen molar-refractivity contribution in [3.63, 3.8) is 0 Å². The lowest BCUT2D eigenvalue weighted by Crippen LogP contribution is -2.03. The topological polar surface area (TPSA) is 39.2 Å². The van der Waals surface area contributed by atoms with Crippen molar-refractivity contribution in [2.45, 2.75) is 44.6 Å². The molecule has 2 N–H and O–H groups in total. The van der Waals surface area contributed by atoms with Crippen LogP contribution in [0.2, 0.25) is 0 Å². The molecule has 0 unspecified atom stereocenters. The van der Waals surface area contributed by atoms with Crippen LogP contribution in [0.25, 0.3) is 0 Å². The van der Waals surface area contributed by atoms with Crippen LogP contribution in [0.4, 0.5) is 0 Å². The van der Waals surface area contributed by atoms with Gasteiger partial charge in [0.1, 0.15) is 5.76 Å². The average molecular weight is 179 g/mol. The van der Waals surface area contributed by atoms with Crippen LogP contribution in [-0.2, 0) is 6.54 Å². The molecule has 0 atom stereocenters. The summed E-state index contributed by atoms with van der Waals surface area (Å²) in [5.74, 6) is 1.65. The highest BCUT2D eigenvalue weighted by atomic mass is 16.3. The highest BCUT2D eigenvalue weighted by Crippen LogP contribution is 2.33. The fourth-order valence-corrected chi connectivity index (χ4v) is 2.15. The van der Waals surface area contributed by atoms with Gasteiger partial charge < -0.3 is 10.2 Å². The summed E-state index contributed by atoms with van der Waals surface area (Å²) in [4.78, 5) is 0. The largest absolute Gasteiger partial charge is 0.468 e. The predicted octanol–water partition coefficient (Wildman–Crippen LogP) is 2.79. The fraction of sp³-hybridized carbons (Fsp3) is 0.636. The molecular weight excluding hydrogens is 162 g/mol. The Balaban J connectivity index is 2.05. The smallest absolute Gasteiger partial charge is 0.117 e. The molecule has 0 amide bonds. The van der Waals surface area contributed by atoms with Gasteiger partial charge in [0.05, 0.1) is 12.8 Å². The zero-order valence-corrected chi connectivity index (χ0v) is 7.96. The van der Waals surface area contributed by atoms with E-state index in [0.29, 0.717) is 6.54 Å². The van der Waals surface area contributed by atoms with E-state index in [1.807, 2.05) is 6.26 Å². The van der Waals surface area contributed by atoms with Gasteiger partial charge >= 0.3 is 0 Å². The summed E-state index contributed by atoms with van der Waals surface area (Å²) in [7, 11) is 0. The van der Waals surface area contributed by atoms with Gasteiger partial charge in [0.15, 0.2) is 0 Å². The Morgan fingerprint density at radius 2 is 2.08 bits per heavy atom. The number of furan rings is 1. The second-order valence-corrected chi connectivity index (χ2v) is 3.89. The van der Waals surface area contributed by atoms with Gasteiger partial charge in [0, 0.05) is 0 Å². The van der Waals surface area contributed by atoms with E-state index in [0.717, 1.165) is 11.7 Å². The molecule has 0 bridgehead atoms. The molecule has 1 fully saturated rings. The molecule has 0 aliphatic heterocycles. The van der Waals surface area contributed by atoms with Crippen LogP contribution in [0.5, 0.6) is 0 Å². The molecule has 0 saturated heterocycles. The minimum Gasteiger partial charge on any atom is -0.468 e. The van der Waals surface area contributed by atoms with E-state index < -0.39 is 0 Å². The summed E-state index contributed by atoms with van der Waals surface area (Å²) in [6.07, 6.45) is 8.67. The van der Waals surface area contributed by atoms with Gasteiger partial charge in [-0.1, -0.05) is 19.3 Å². The molecule has 13 heavy (non-hydrogen) atoms. The van der Waals surface area contributed by atoms with Crippen molar-refractivity contribution in [2.75, 3.05) is 0 Å². The van der Waals surface area contributed by atoms with E-state index in [4.69, 9.17) is 10.2 Å². The van der Waals surface area contributed by atoms with Crippen molar-refractivity contribution in [3.05, 3.63) is 23.7 Å². The van der Waals surface area contributed by atoms with Crippen LogP contribution < -0.4 is 5.73 Å². The zero-order chi connectivity index (χ0) is 9.10. The van der Waals surface area contributed by atoms with E-state index in [2.05, 4.69) is 6.07 Å². The highest BCUT2D eigenvalue weighted by molar-refractivity contribution is 5.18. The van der Waals surface area contributed by atoms with Gasteiger partial charge in [-0.05, 0) is 30.4 Å². The first-order valence-electron chi connectivity index (χ1n) is 5.17. The number of nitrogens with two attached hydrogens (primary N) is 1. The van der Waals surface area contributed by atoms with Crippen molar-refractivity contribution >= 4 is 0 Å².